The van der Waals surface area contributed by atoms with E-state index in [1.807, 2.05) is 0 Å². The number of allylic oxidation sites excluding steroid dienone is 18. The SMILES string of the molecule is CC/C=C\C/C=C\C/C=C\C/C=C\C/C=C\C/C=C\C/C=C\CCCCCCCCCCCC(=O)OCC(COC(=O)CCCCCCCCCCC)OC(=O)CCCCCCCCC/C=C\C/C=C\CCCCCC. The molecule has 434 valence electrons. The van der Waals surface area contributed by atoms with Crippen molar-refractivity contribution in [3.8, 4) is 0 Å². The molecule has 1 atom stereocenters. The normalized spacial score (nSPS) is 12.8. The quantitative estimate of drug-likeness (QED) is 0.0261. The molecule has 0 aromatic rings. The van der Waals surface area contributed by atoms with Crippen molar-refractivity contribution in [2.75, 3.05) is 13.2 Å². The van der Waals surface area contributed by atoms with Gasteiger partial charge >= 0.3 is 17.9 Å². The van der Waals surface area contributed by atoms with Crippen LogP contribution in [0.3, 0.4) is 0 Å². The van der Waals surface area contributed by atoms with Gasteiger partial charge in [-0.15, -0.1) is 0 Å². The Bertz CT molecular complexity index is 1540. The molecule has 0 fully saturated rings. The van der Waals surface area contributed by atoms with E-state index in [2.05, 4.69) is 130 Å². The Labute approximate surface area is 470 Å². The number of hydrogen-bond acceptors (Lipinski definition) is 6. The highest BCUT2D eigenvalue weighted by atomic mass is 16.6. The molecule has 0 amide bonds. The summed E-state index contributed by atoms with van der Waals surface area (Å²) in [6.07, 6.45) is 86.7. The van der Waals surface area contributed by atoms with Gasteiger partial charge in [-0.1, -0.05) is 278 Å². The van der Waals surface area contributed by atoms with Gasteiger partial charge in [-0.2, -0.15) is 0 Å². The van der Waals surface area contributed by atoms with Crippen LogP contribution >= 0.6 is 0 Å². The highest BCUT2D eigenvalue weighted by molar-refractivity contribution is 5.71. The lowest BCUT2D eigenvalue weighted by molar-refractivity contribution is -0.167. The number of hydrogen-bond donors (Lipinski definition) is 0. The first-order valence-electron chi connectivity index (χ1n) is 31.9. The molecule has 0 aromatic carbocycles. The molecule has 0 radical (unpaired) electrons. The predicted octanol–water partition coefficient (Wildman–Crippen LogP) is 21.8. The lowest BCUT2D eigenvalue weighted by Crippen LogP contribution is -2.30. The molecule has 0 aliphatic rings. The van der Waals surface area contributed by atoms with Gasteiger partial charge in [-0.3, -0.25) is 14.4 Å². The van der Waals surface area contributed by atoms with Crippen molar-refractivity contribution in [2.24, 2.45) is 0 Å². The lowest BCUT2D eigenvalue weighted by atomic mass is 10.1. The fourth-order valence-corrected chi connectivity index (χ4v) is 8.75. The van der Waals surface area contributed by atoms with Gasteiger partial charge in [0.25, 0.3) is 0 Å². The van der Waals surface area contributed by atoms with E-state index in [-0.39, 0.29) is 31.1 Å². The number of carbonyl (C=O) groups is 3. The topological polar surface area (TPSA) is 78.9 Å². The summed E-state index contributed by atoms with van der Waals surface area (Å²) in [6.45, 7) is 6.49. The Morgan fingerprint density at radius 2 is 0.513 bits per heavy atom. The van der Waals surface area contributed by atoms with Crippen molar-refractivity contribution < 1.29 is 28.6 Å². The summed E-state index contributed by atoms with van der Waals surface area (Å²) in [5, 5.41) is 0. The second-order valence-electron chi connectivity index (χ2n) is 20.9. The molecule has 0 aliphatic carbocycles. The van der Waals surface area contributed by atoms with Crippen LogP contribution in [-0.2, 0) is 28.6 Å². The molecule has 0 bridgehead atoms. The van der Waals surface area contributed by atoms with Crippen LogP contribution in [-0.4, -0.2) is 37.2 Å². The highest BCUT2D eigenvalue weighted by Crippen LogP contribution is 2.15. The maximum atomic E-state index is 12.9. The molecule has 0 saturated carbocycles. The van der Waals surface area contributed by atoms with Gasteiger partial charge < -0.3 is 14.2 Å². The zero-order valence-electron chi connectivity index (χ0n) is 49.7. The first-order valence-corrected chi connectivity index (χ1v) is 31.9. The molecule has 0 aromatic heterocycles. The van der Waals surface area contributed by atoms with Gasteiger partial charge in [0.15, 0.2) is 6.10 Å². The van der Waals surface area contributed by atoms with Crippen LogP contribution in [0.4, 0.5) is 0 Å². The minimum Gasteiger partial charge on any atom is -0.462 e. The van der Waals surface area contributed by atoms with Crippen LogP contribution in [0, 0.1) is 0 Å². The van der Waals surface area contributed by atoms with Crippen molar-refractivity contribution in [3.63, 3.8) is 0 Å². The molecular weight excluding hydrogens is 937 g/mol. The molecule has 76 heavy (non-hydrogen) atoms. The van der Waals surface area contributed by atoms with E-state index >= 15 is 0 Å². The Morgan fingerprint density at radius 3 is 0.816 bits per heavy atom. The zero-order chi connectivity index (χ0) is 55.0. The van der Waals surface area contributed by atoms with E-state index in [1.54, 1.807) is 0 Å². The third kappa shape index (κ3) is 60.9. The number of unbranched alkanes of at least 4 members (excludes halogenated alkanes) is 28. The fourth-order valence-electron chi connectivity index (χ4n) is 8.75. The first kappa shape index (κ1) is 72.1. The van der Waals surface area contributed by atoms with E-state index in [9.17, 15) is 14.4 Å². The maximum absolute atomic E-state index is 12.9. The Hall–Kier alpha value is -3.93. The van der Waals surface area contributed by atoms with Gasteiger partial charge in [-0.25, -0.2) is 0 Å². The number of rotatable bonds is 57. The van der Waals surface area contributed by atoms with Crippen molar-refractivity contribution in [1.82, 2.24) is 0 Å². The molecule has 6 nitrogen and oxygen atoms in total. The van der Waals surface area contributed by atoms with Crippen LogP contribution in [0.15, 0.2) is 109 Å². The molecule has 0 N–H and O–H groups in total. The van der Waals surface area contributed by atoms with Crippen LogP contribution in [0.25, 0.3) is 0 Å². The number of esters is 3. The number of carbonyl (C=O) groups excluding carboxylic acids is 3. The van der Waals surface area contributed by atoms with Crippen LogP contribution in [0.5, 0.6) is 0 Å². The zero-order valence-corrected chi connectivity index (χ0v) is 49.7. The smallest absolute Gasteiger partial charge is 0.306 e. The fraction of sp³-hybridized carbons (Fsp3) is 0.700. The average Bonchev–Trinajstić information content (AvgIpc) is 3.42. The predicted molar refractivity (Wildman–Crippen MR) is 330 cm³/mol. The van der Waals surface area contributed by atoms with E-state index in [1.165, 1.54) is 135 Å². The standard InChI is InChI=1S/C70H118O6/c1-4-7-10-13-16-19-21-23-25-27-29-30-31-32-33-34-35-36-37-38-39-40-41-43-44-46-48-51-54-57-60-63-69(72)75-66-67(65-74-68(71)62-59-56-53-50-18-15-12-9-6-3)76-70(73)64-61-58-55-52-49-47-45-42-28-26-24-22-20-17-14-11-8-5-2/h7,10,16,19-20,22-23,25-26,28-30,32-33,35-36,38-39,67H,4-6,8-9,11-15,17-18,21,24,27,31,34,37,40-66H2,1-3H3/b10-7-,19-16-,22-20-,25-23-,28-26-,30-29-,33-32-,36-35-,39-38-. The van der Waals surface area contributed by atoms with Crippen molar-refractivity contribution >= 4 is 17.9 Å². The van der Waals surface area contributed by atoms with Crippen LogP contribution in [0.2, 0.25) is 0 Å². The highest BCUT2D eigenvalue weighted by Gasteiger charge is 2.19. The molecule has 0 spiro atoms. The van der Waals surface area contributed by atoms with Crippen molar-refractivity contribution in [2.45, 2.75) is 303 Å². The largest absolute Gasteiger partial charge is 0.462 e. The van der Waals surface area contributed by atoms with Gasteiger partial charge in [0.1, 0.15) is 13.2 Å². The summed E-state index contributed by atoms with van der Waals surface area (Å²) in [6, 6.07) is 0. The monoisotopic (exact) mass is 1050 g/mol. The molecule has 6 heteroatoms. The number of ether oxygens (including phenoxy) is 3. The Balaban J connectivity index is 4.22. The summed E-state index contributed by atoms with van der Waals surface area (Å²) in [4.78, 5) is 38.2. The average molecular weight is 1060 g/mol. The van der Waals surface area contributed by atoms with Crippen LogP contribution < -0.4 is 0 Å². The van der Waals surface area contributed by atoms with Gasteiger partial charge in [-0.05, 0) is 109 Å². The van der Waals surface area contributed by atoms with E-state index in [0.717, 1.165) is 122 Å². The molecule has 1 unspecified atom stereocenters. The summed E-state index contributed by atoms with van der Waals surface area (Å²) >= 11 is 0. The summed E-state index contributed by atoms with van der Waals surface area (Å²) < 4.78 is 16.9. The van der Waals surface area contributed by atoms with Crippen molar-refractivity contribution in [1.29, 1.82) is 0 Å². The molecule has 0 rings (SSSR count). The maximum Gasteiger partial charge on any atom is 0.306 e. The minimum absolute atomic E-state index is 0.0813. The summed E-state index contributed by atoms with van der Waals surface area (Å²) in [5.41, 5.74) is 0. The minimum atomic E-state index is -0.784. The second-order valence-corrected chi connectivity index (χ2v) is 20.9. The summed E-state index contributed by atoms with van der Waals surface area (Å²) in [5.74, 6) is -0.892. The van der Waals surface area contributed by atoms with Gasteiger partial charge in [0, 0.05) is 19.3 Å². The van der Waals surface area contributed by atoms with Gasteiger partial charge in [0.2, 0.25) is 0 Å². The molecular formula is C70H118O6. The third-order valence-electron chi connectivity index (χ3n) is 13.5. The Morgan fingerprint density at radius 1 is 0.276 bits per heavy atom. The second kappa shape index (κ2) is 63.6. The lowest BCUT2D eigenvalue weighted by Gasteiger charge is -2.18. The summed E-state index contributed by atoms with van der Waals surface area (Å²) in [7, 11) is 0. The molecule has 0 heterocycles. The van der Waals surface area contributed by atoms with E-state index in [0.29, 0.717) is 19.3 Å². The van der Waals surface area contributed by atoms with Crippen LogP contribution in [0.1, 0.15) is 297 Å². The molecule has 0 aliphatic heterocycles. The first-order chi connectivity index (χ1) is 37.5. The molecule has 0 saturated heterocycles. The van der Waals surface area contributed by atoms with E-state index in [4.69, 9.17) is 14.2 Å². The van der Waals surface area contributed by atoms with E-state index < -0.39 is 6.10 Å². The van der Waals surface area contributed by atoms with Crippen molar-refractivity contribution in [3.05, 3.63) is 109 Å². The third-order valence-corrected chi connectivity index (χ3v) is 13.5. The van der Waals surface area contributed by atoms with Gasteiger partial charge in [0.05, 0.1) is 0 Å². The Kier molecular flexibility index (Phi) is 60.3.